The summed E-state index contributed by atoms with van der Waals surface area (Å²) >= 11 is 0. The summed E-state index contributed by atoms with van der Waals surface area (Å²) in [6.07, 6.45) is 2.54. The Morgan fingerprint density at radius 2 is 2.15 bits per heavy atom. The summed E-state index contributed by atoms with van der Waals surface area (Å²) in [4.78, 5) is 2.43. The van der Waals surface area contributed by atoms with Crippen LogP contribution in [0.4, 0.5) is 0 Å². The van der Waals surface area contributed by atoms with E-state index in [2.05, 4.69) is 4.90 Å². The van der Waals surface area contributed by atoms with Crippen LogP contribution in [0.15, 0.2) is 0 Å². The Labute approximate surface area is 79.7 Å². The summed E-state index contributed by atoms with van der Waals surface area (Å²) in [6, 6.07) is 0. The highest BCUT2D eigenvalue weighted by Gasteiger charge is 2.28. The average Bonchev–Trinajstić information content (AvgIpc) is 2.12. The van der Waals surface area contributed by atoms with E-state index in [0.717, 1.165) is 32.2 Å². The average molecular weight is 185 g/mol. The predicted molar refractivity (Wildman–Crippen MR) is 50.6 cm³/mol. The molecule has 0 spiro atoms. The van der Waals surface area contributed by atoms with Crippen LogP contribution in [0.1, 0.15) is 12.8 Å². The standard InChI is InChI=1S/C10H19NO2/c12-7-10-5-11(6-10)4-9-2-1-3-13-8-9/h9-10,12H,1-8H2. The molecule has 0 aromatic carbocycles. The van der Waals surface area contributed by atoms with Crippen molar-refractivity contribution in [1.29, 1.82) is 0 Å². The highest BCUT2D eigenvalue weighted by molar-refractivity contribution is 4.81. The molecular formula is C10H19NO2. The Balaban J connectivity index is 1.62. The van der Waals surface area contributed by atoms with E-state index in [1.54, 1.807) is 0 Å². The number of ether oxygens (including phenoxy) is 1. The molecule has 3 heteroatoms. The molecule has 0 aromatic rings. The van der Waals surface area contributed by atoms with Gasteiger partial charge in [0.2, 0.25) is 0 Å². The molecule has 0 amide bonds. The molecule has 0 aliphatic carbocycles. The minimum absolute atomic E-state index is 0.359. The Kier molecular flexibility index (Phi) is 3.19. The van der Waals surface area contributed by atoms with E-state index in [0.29, 0.717) is 12.5 Å². The van der Waals surface area contributed by atoms with Crippen LogP contribution in [0.25, 0.3) is 0 Å². The largest absolute Gasteiger partial charge is 0.396 e. The van der Waals surface area contributed by atoms with Gasteiger partial charge < -0.3 is 14.7 Å². The fourth-order valence-corrected chi connectivity index (χ4v) is 2.26. The molecule has 2 aliphatic heterocycles. The van der Waals surface area contributed by atoms with Gasteiger partial charge in [-0.25, -0.2) is 0 Å². The van der Waals surface area contributed by atoms with Gasteiger partial charge in [-0.05, 0) is 18.8 Å². The van der Waals surface area contributed by atoms with Gasteiger partial charge in [0, 0.05) is 38.8 Å². The second-order valence-electron chi connectivity index (χ2n) is 4.35. The summed E-state index contributed by atoms with van der Waals surface area (Å²) < 4.78 is 5.43. The Morgan fingerprint density at radius 1 is 1.31 bits per heavy atom. The lowest BCUT2D eigenvalue weighted by atomic mass is 9.96. The van der Waals surface area contributed by atoms with E-state index in [4.69, 9.17) is 9.84 Å². The van der Waals surface area contributed by atoms with Gasteiger partial charge >= 0.3 is 0 Å². The normalized spacial score (nSPS) is 31.6. The van der Waals surface area contributed by atoms with Gasteiger partial charge in [0.1, 0.15) is 0 Å². The first-order valence-electron chi connectivity index (χ1n) is 5.29. The first-order valence-corrected chi connectivity index (χ1v) is 5.29. The lowest BCUT2D eigenvalue weighted by molar-refractivity contribution is -0.000392. The molecule has 0 aromatic heterocycles. The number of rotatable bonds is 3. The second-order valence-corrected chi connectivity index (χ2v) is 4.35. The van der Waals surface area contributed by atoms with Crippen LogP contribution in [0.5, 0.6) is 0 Å². The minimum atomic E-state index is 0.359. The summed E-state index contributed by atoms with van der Waals surface area (Å²) in [5.74, 6) is 1.29. The van der Waals surface area contributed by atoms with Crippen LogP contribution in [0.3, 0.4) is 0 Å². The third-order valence-corrected chi connectivity index (χ3v) is 3.06. The number of aliphatic hydroxyl groups excluding tert-OH is 1. The smallest absolute Gasteiger partial charge is 0.0506 e. The van der Waals surface area contributed by atoms with Gasteiger partial charge in [-0.3, -0.25) is 0 Å². The molecule has 2 rings (SSSR count). The molecule has 0 bridgehead atoms. The third-order valence-electron chi connectivity index (χ3n) is 3.06. The molecular weight excluding hydrogens is 166 g/mol. The van der Waals surface area contributed by atoms with Crippen molar-refractivity contribution in [2.75, 3.05) is 39.5 Å². The van der Waals surface area contributed by atoms with Crippen LogP contribution in [0, 0.1) is 11.8 Å². The first kappa shape index (κ1) is 9.44. The van der Waals surface area contributed by atoms with Gasteiger partial charge in [-0.2, -0.15) is 0 Å². The van der Waals surface area contributed by atoms with E-state index in [1.807, 2.05) is 0 Å². The van der Waals surface area contributed by atoms with Gasteiger partial charge in [0.15, 0.2) is 0 Å². The molecule has 2 heterocycles. The van der Waals surface area contributed by atoms with Crippen molar-refractivity contribution in [3.05, 3.63) is 0 Å². The lowest BCUT2D eigenvalue weighted by Crippen LogP contribution is -2.50. The van der Waals surface area contributed by atoms with Crippen molar-refractivity contribution < 1.29 is 9.84 Å². The molecule has 2 saturated heterocycles. The van der Waals surface area contributed by atoms with Gasteiger partial charge in [0.25, 0.3) is 0 Å². The zero-order chi connectivity index (χ0) is 9.10. The Morgan fingerprint density at radius 3 is 2.77 bits per heavy atom. The molecule has 2 aliphatic rings. The van der Waals surface area contributed by atoms with Crippen LogP contribution >= 0.6 is 0 Å². The fourth-order valence-electron chi connectivity index (χ4n) is 2.26. The van der Waals surface area contributed by atoms with Gasteiger partial charge in [0.05, 0.1) is 6.61 Å². The fraction of sp³-hybridized carbons (Fsp3) is 1.00. The van der Waals surface area contributed by atoms with Crippen molar-refractivity contribution in [1.82, 2.24) is 4.90 Å². The van der Waals surface area contributed by atoms with Crippen molar-refractivity contribution >= 4 is 0 Å². The maximum absolute atomic E-state index is 8.86. The molecule has 0 saturated carbocycles. The summed E-state index contributed by atoms with van der Waals surface area (Å²) in [7, 11) is 0. The van der Waals surface area contributed by atoms with Crippen molar-refractivity contribution in [2.45, 2.75) is 12.8 Å². The molecule has 13 heavy (non-hydrogen) atoms. The van der Waals surface area contributed by atoms with E-state index in [1.165, 1.54) is 19.4 Å². The lowest BCUT2D eigenvalue weighted by Gasteiger charge is -2.40. The zero-order valence-electron chi connectivity index (χ0n) is 8.11. The quantitative estimate of drug-likeness (QED) is 0.688. The molecule has 3 nitrogen and oxygen atoms in total. The van der Waals surface area contributed by atoms with Crippen LogP contribution in [-0.2, 0) is 4.74 Å². The monoisotopic (exact) mass is 185 g/mol. The summed E-state index contributed by atoms with van der Waals surface area (Å²) in [6.45, 7) is 5.62. The van der Waals surface area contributed by atoms with Crippen LogP contribution < -0.4 is 0 Å². The molecule has 1 unspecified atom stereocenters. The highest BCUT2D eigenvalue weighted by atomic mass is 16.5. The maximum atomic E-state index is 8.86. The van der Waals surface area contributed by atoms with Gasteiger partial charge in [-0.1, -0.05) is 0 Å². The highest BCUT2D eigenvalue weighted by Crippen LogP contribution is 2.20. The van der Waals surface area contributed by atoms with E-state index < -0.39 is 0 Å². The number of nitrogens with zero attached hydrogens (tertiary/aromatic N) is 1. The van der Waals surface area contributed by atoms with E-state index >= 15 is 0 Å². The molecule has 0 radical (unpaired) electrons. The van der Waals surface area contributed by atoms with Crippen LogP contribution in [-0.4, -0.2) is 49.5 Å². The molecule has 76 valence electrons. The zero-order valence-corrected chi connectivity index (χ0v) is 8.11. The van der Waals surface area contributed by atoms with E-state index in [9.17, 15) is 0 Å². The topological polar surface area (TPSA) is 32.7 Å². The third kappa shape index (κ3) is 2.42. The maximum Gasteiger partial charge on any atom is 0.0506 e. The van der Waals surface area contributed by atoms with E-state index in [-0.39, 0.29) is 0 Å². The van der Waals surface area contributed by atoms with Gasteiger partial charge in [-0.15, -0.1) is 0 Å². The summed E-state index contributed by atoms with van der Waals surface area (Å²) in [5.41, 5.74) is 0. The predicted octanol–water partition coefficient (Wildman–Crippen LogP) is 0.337. The number of aliphatic hydroxyl groups is 1. The minimum Gasteiger partial charge on any atom is -0.396 e. The Hall–Kier alpha value is -0.120. The molecule has 2 fully saturated rings. The van der Waals surface area contributed by atoms with Crippen molar-refractivity contribution in [2.24, 2.45) is 11.8 Å². The van der Waals surface area contributed by atoms with Crippen LogP contribution in [0.2, 0.25) is 0 Å². The molecule has 1 atom stereocenters. The number of likely N-dealkylation sites (tertiary alicyclic amines) is 1. The SMILES string of the molecule is OCC1CN(CC2CCCOC2)C1. The number of hydrogen-bond donors (Lipinski definition) is 1. The summed E-state index contributed by atoms with van der Waals surface area (Å²) in [5, 5.41) is 8.86. The molecule has 1 N–H and O–H groups in total. The number of hydrogen-bond acceptors (Lipinski definition) is 3. The van der Waals surface area contributed by atoms with Crippen molar-refractivity contribution in [3.63, 3.8) is 0 Å². The Bertz CT molecular complexity index is 151. The van der Waals surface area contributed by atoms with Crippen molar-refractivity contribution in [3.8, 4) is 0 Å². The second kappa shape index (κ2) is 4.40. The first-order chi connectivity index (χ1) is 6.38.